The number of rotatable bonds is 4. The van der Waals surface area contributed by atoms with E-state index in [-0.39, 0.29) is 0 Å². The predicted octanol–water partition coefficient (Wildman–Crippen LogP) is 1.38. The molecule has 0 saturated carbocycles. The highest BCUT2D eigenvalue weighted by atomic mass is 16.5. The van der Waals surface area contributed by atoms with Gasteiger partial charge >= 0.3 is 0 Å². The summed E-state index contributed by atoms with van der Waals surface area (Å²) in [4.78, 5) is 4.25. The molecule has 6 nitrogen and oxygen atoms in total. The number of hydrogen-bond acceptors (Lipinski definition) is 5. The van der Waals surface area contributed by atoms with Crippen LogP contribution in [0.1, 0.15) is 0 Å². The van der Waals surface area contributed by atoms with Gasteiger partial charge in [-0.3, -0.25) is 4.68 Å². The summed E-state index contributed by atoms with van der Waals surface area (Å²) in [5.74, 6) is 1.38. The zero-order valence-electron chi connectivity index (χ0n) is 11.0. The van der Waals surface area contributed by atoms with Crippen LogP contribution < -0.4 is 10.2 Å². The normalized spacial score (nSPS) is 10.7. The maximum absolute atomic E-state index is 5.46. The number of aryl methyl sites for hydroxylation is 1. The molecule has 18 heavy (non-hydrogen) atoms. The van der Waals surface area contributed by atoms with Crippen molar-refractivity contribution in [2.24, 2.45) is 7.05 Å². The van der Waals surface area contributed by atoms with Crippen LogP contribution in [0.3, 0.4) is 0 Å². The van der Waals surface area contributed by atoms with Crippen LogP contribution in [0.25, 0.3) is 11.4 Å². The maximum atomic E-state index is 5.46. The monoisotopic (exact) mass is 247 g/mol. The van der Waals surface area contributed by atoms with Gasteiger partial charge in [0.25, 0.3) is 0 Å². The quantitative estimate of drug-likeness (QED) is 0.827. The Balaban J connectivity index is 2.47. The van der Waals surface area contributed by atoms with Gasteiger partial charge < -0.3 is 10.2 Å². The van der Waals surface area contributed by atoms with E-state index in [0.29, 0.717) is 5.82 Å². The molecule has 1 N–H and O–H groups in total. The van der Waals surface area contributed by atoms with Crippen molar-refractivity contribution in [3.63, 3.8) is 0 Å². The van der Waals surface area contributed by atoms with Gasteiger partial charge in [0.2, 0.25) is 0 Å². The molecule has 0 unspecified atom stereocenters. The van der Waals surface area contributed by atoms with Gasteiger partial charge in [-0.2, -0.15) is 5.10 Å². The highest BCUT2D eigenvalue weighted by molar-refractivity contribution is 5.74. The van der Waals surface area contributed by atoms with E-state index in [1.807, 2.05) is 44.4 Å². The van der Waals surface area contributed by atoms with Crippen LogP contribution in [0.15, 0.2) is 24.5 Å². The van der Waals surface area contributed by atoms with Gasteiger partial charge in [0.05, 0.1) is 18.4 Å². The summed E-state index contributed by atoms with van der Waals surface area (Å²) in [7, 11) is 7.32. The van der Waals surface area contributed by atoms with Crippen LogP contribution in [-0.2, 0) is 7.05 Å². The Labute approximate surface area is 106 Å². The average molecular weight is 247 g/mol. The Morgan fingerprint density at radius 1 is 1.33 bits per heavy atom. The van der Waals surface area contributed by atoms with E-state index < -0.39 is 0 Å². The average Bonchev–Trinajstić information content (AvgIpc) is 2.74. The molecule has 1 aromatic heterocycles. The second kappa shape index (κ2) is 5.05. The molecular formula is C12H17N5O. The van der Waals surface area contributed by atoms with E-state index in [0.717, 1.165) is 17.0 Å². The van der Waals surface area contributed by atoms with Crippen LogP contribution in [0.2, 0.25) is 0 Å². The molecule has 1 aromatic carbocycles. The Morgan fingerprint density at radius 2 is 2.11 bits per heavy atom. The first kappa shape index (κ1) is 12.4. The number of methoxy groups -OCH3 is 1. The summed E-state index contributed by atoms with van der Waals surface area (Å²) < 4.78 is 7.13. The van der Waals surface area contributed by atoms with Crippen LogP contribution in [0, 0.1) is 0 Å². The third-order valence-electron chi connectivity index (χ3n) is 2.40. The van der Waals surface area contributed by atoms with Crippen molar-refractivity contribution in [2.75, 3.05) is 26.6 Å². The number of benzene rings is 1. The first-order valence-corrected chi connectivity index (χ1v) is 5.59. The van der Waals surface area contributed by atoms with Gasteiger partial charge in [0, 0.05) is 21.1 Å². The molecular weight excluding hydrogens is 230 g/mol. The third-order valence-corrected chi connectivity index (χ3v) is 2.40. The summed E-state index contributed by atoms with van der Waals surface area (Å²) in [6.45, 7) is 0. The number of nitrogens with one attached hydrogen (secondary N) is 1. The summed E-state index contributed by atoms with van der Waals surface area (Å²) in [5.41, 5.74) is 4.93. The second-order valence-corrected chi connectivity index (χ2v) is 4.13. The lowest BCUT2D eigenvalue weighted by Gasteiger charge is -2.17. The van der Waals surface area contributed by atoms with Gasteiger partial charge in [-0.05, 0) is 12.1 Å². The first-order chi connectivity index (χ1) is 8.61. The zero-order valence-corrected chi connectivity index (χ0v) is 11.0. The standard InChI is InChI=1S/C12H17N5O/c1-16(2)14-10-7-5-6-9(11(10)18-4)12-13-8-17(3)15-12/h5-8,14H,1-4H3. The topological polar surface area (TPSA) is 55.2 Å². The van der Waals surface area contributed by atoms with E-state index in [1.54, 1.807) is 18.1 Å². The molecule has 0 aliphatic rings. The van der Waals surface area contributed by atoms with Crippen molar-refractivity contribution in [2.45, 2.75) is 0 Å². The molecule has 0 aliphatic carbocycles. The van der Waals surface area contributed by atoms with Gasteiger partial charge in [0.1, 0.15) is 6.33 Å². The van der Waals surface area contributed by atoms with Crippen molar-refractivity contribution in [1.82, 2.24) is 19.8 Å². The third kappa shape index (κ3) is 2.43. The van der Waals surface area contributed by atoms with E-state index >= 15 is 0 Å². The highest BCUT2D eigenvalue weighted by Gasteiger charge is 2.14. The lowest BCUT2D eigenvalue weighted by molar-refractivity contribution is 0.411. The van der Waals surface area contributed by atoms with Crippen molar-refractivity contribution in [3.05, 3.63) is 24.5 Å². The molecule has 2 rings (SSSR count). The van der Waals surface area contributed by atoms with E-state index in [4.69, 9.17) is 4.74 Å². The molecule has 96 valence electrons. The van der Waals surface area contributed by atoms with Gasteiger partial charge in [-0.1, -0.05) is 6.07 Å². The number of hydrazine groups is 1. The fourth-order valence-corrected chi connectivity index (χ4v) is 1.72. The Kier molecular flexibility index (Phi) is 3.47. The smallest absolute Gasteiger partial charge is 0.184 e. The van der Waals surface area contributed by atoms with Crippen molar-refractivity contribution >= 4 is 5.69 Å². The molecule has 0 spiro atoms. The number of para-hydroxylation sites is 1. The molecule has 6 heteroatoms. The van der Waals surface area contributed by atoms with E-state index in [2.05, 4.69) is 15.5 Å². The maximum Gasteiger partial charge on any atom is 0.184 e. The zero-order chi connectivity index (χ0) is 13.1. The number of anilines is 1. The first-order valence-electron chi connectivity index (χ1n) is 5.59. The fraction of sp³-hybridized carbons (Fsp3) is 0.333. The van der Waals surface area contributed by atoms with Crippen LogP contribution in [-0.4, -0.2) is 41.0 Å². The Hall–Kier alpha value is -2.08. The largest absolute Gasteiger partial charge is 0.494 e. The minimum Gasteiger partial charge on any atom is -0.494 e. The summed E-state index contributed by atoms with van der Waals surface area (Å²) in [6, 6.07) is 5.83. The second-order valence-electron chi connectivity index (χ2n) is 4.13. The lowest BCUT2D eigenvalue weighted by Crippen LogP contribution is -2.20. The SMILES string of the molecule is COc1c(NN(C)C)cccc1-c1ncn(C)n1. The molecule has 2 aromatic rings. The molecule has 0 aliphatic heterocycles. The molecule has 0 saturated heterocycles. The number of aromatic nitrogens is 3. The predicted molar refractivity (Wildman–Crippen MR) is 70.3 cm³/mol. The van der Waals surface area contributed by atoms with Gasteiger partial charge in [-0.25, -0.2) is 9.99 Å². The summed E-state index contributed by atoms with van der Waals surface area (Å²) >= 11 is 0. The number of nitrogens with zero attached hydrogens (tertiary/aromatic N) is 4. The molecule has 0 amide bonds. The Bertz CT molecular complexity index is 535. The van der Waals surface area contributed by atoms with Gasteiger partial charge in [0.15, 0.2) is 11.6 Å². The highest BCUT2D eigenvalue weighted by Crippen LogP contribution is 2.34. The van der Waals surface area contributed by atoms with E-state index in [9.17, 15) is 0 Å². The van der Waals surface area contributed by atoms with E-state index in [1.165, 1.54) is 0 Å². The molecule has 0 atom stereocenters. The van der Waals surface area contributed by atoms with Crippen LogP contribution >= 0.6 is 0 Å². The Morgan fingerprint density at radius 3 is 2.67 bits per heavy atom. The minimum atomic E-state index is 0.650. The van der Waals surface area contributed by atoms with Crippen molar-refractivity contribution in [1.29, 1.82) is 0 Å². The van der Waals surface area contributed by atoms with Crippen LogP contribution in [0.5, 0.6) is 5.75 Å². The summed E-state index contributed by atoms with van der Waals surface area (Å²) in [5, 5.41) is 6.15. The minimum absolute atomic E-state index is 0.650. The molecule has 0 fully saturated rings. The van der Waals surface area contributed by atoms with Gasteiger partial charge in [-0.15, -0.1) is 0 Å². The molecule has 0 bridgehead atoms. The lowest BCUT2D eigenvalue weighted by atomic mass is 10.1. The number of hydrogen-bond donors (Lipinski definition) is 1. The van der Waals surface area contributed by atoms with Crippen molar-refractivity contribution < 1.29 is 4.74 Å². The van der Waals surface area contributed by atoms with Crippen molar-refractivity contribution in [3.8, 4) is 17.1 Å². The number of ether oxygens (including phenoxy) is 1. The fourth-order valence-electron chi connectivity index (χ4n) is 1.72. The summed E-state index contributed by atoms with van der Waals surface area (Å²) in [6.07, 6.45) is 1.67. The van der Waals surface area contributed by atoms with Crippen LogP contribution in [0.4, 0.5) is 5.69 Å². The molecule has 0 radical (unpaired) electrons. The molecule has 1 heterocycles.